The summed E-state index contributed by atoms with van der Waals surface area (Å²) in [6.45, 7) is 0. The number of carboxylic acid groups (broad SMARTS) is 1. The van der Waals surface area contributed by atoms with Gasteiger partial charge in [0.2, 0.25) is 5.88 Å². The first kappa shape index (κ1) is 15.0. The highest BCUT2D eigenvalue weighted by Gasteiger charge is 2.15. The standard InChI is InChI=1S/C10H13N3O5S/c1-19-3-2-6(9(16)17)11-4-5-7(14)12-10(18)13-8(5)15/h4,6H,2-3H2,1H3,(H,16,17)(H3,12,13,14,15,18). The fourth-order valence-electron chi connectivity index (χ4n) is 1.26. The van der Waals surface area contributed by atoms with Gasteiger partial charge in [0.1, 0.15) is 11.6 Å². The Bertz CT molecular complexity index is 592. The third kappa shape index (κ3) is 4.28. The van der Waals surface area contributed by atoms with Crippen molar-refractivity contribution in [1.29, 1.82) is 0 Å². The highest BCUT2D eigenvalue weighted by Crippen LogP contribution is 2.06. The molecule has 0 radical (unpaired) electrons. The van der Waals surface area contributed by atoms with Gasteiger partial charge >= 0.3 is 11.7 Å². The minimum absolute atomic E-state index is 0.282. The number of carbonyl (C=O) groups is 1. The number of thioether (sulfide) groups is 1. The van der Waals surface area contributed by atoms with E-state index in [2.05, 4.69) is 4.99 Å². The second kappa shape index (κ2) is 6.78. The molecule has 1 aromatic rings. The summed E-state index contributed by atoms with van der Waals surface area (Å²) in [5.74, 6) is -1.17. The number of hydrogen-bond donors (Lipinski definition) is 4. The smallest absolute Gasteiger partial charge is 0.328 e. The lowest BCUT2D eigenvalue weighted by atomic mass is 10.2. The van der Waals surface area contributed by atoms with Crippen LogP contribution in [-0.2, 0) is 4.79 Å². The Morgan fingerprint density at radius 1 is 1.47 bits per heavy atom. The number of rotatable bonds is 6. The molecule has 0 aliphatic carbocycles. The van der Waals surface area contributed by atoms with E-state index in [9.17, 15) is 19.5 Å². The zero-order chi connectivity index (χ0) is 14.4. The summed E-state index contributed by atoms with van der Waals surface area (Å²) in [4.78, 5) is 40.8. The van der Waals surface area contributed by atoms with Crippen LogP contribution in [0.25, 0.3) is 0 Å². The van der Waals surface area contributed by atoms with Crippen LogP contribution < -0.4 is 11.2 Å². The number of hydrogen-bond acceptors (Lipinski definition) is 6. The Hall–Kier alpha value is -2.03. The molecule has 0 fully saturated rings. The lowest BCUT2D eigenvalue weighted by molar-refractivity contribution is -0.138. The summed E-state index contributed by atoms with van der Waals surface area (Å²) in [6, 6.07) is -1.00. The first-order valence-electron chi connectivity index (χ1n) is 5.26. The normalized spacial score (nSPS) is 12.7. The maximum Gasteiger partial charge on any atom is 0.328 e. The molecule has 0 aromatic carbocycles. The molecule has 0 aliphatic rings. The third-order valence-corrected chi connectivity index (χ3v) is 2.87. The molecule has 9 heteroatoms. The maximum absolute atomic E-state index is 11.4. The van der Waals surface area contributed by atoms with Crippen LogP contribution >= 0.6 is 11.8 Å². The summed E-state index contributed by atoms with van der Waals surface area (Å²) >= 11 is 1.48. The predicted octanol–water partition coefficient (Wildman–Crippen LogP) is -0.606. The second-order valence-electron chi connectivity index (χ2n) is 3.58. The van der Waals surface area contributed by atoms with Crippen molar-refractivity contribution < 1.29 is 15.0 Å². The van der Waals surface area contributed by atoms with Crippen LogP contribution in [0.1, 0.15) is 12.0 Å². The average Bonchev–Trinajstić information content (AvgIpc) is 2.31. The Kier molecular flexibility index (Phi) is 5.37. The van der Waals surface area contributed by atoms with Crippen LogP contribution in [0.4, 0.5) is 0 Å². The van der Waals surface area contributed by atoms with Gasteiger partial charge in [-0.1, -0.05) is 0 Å². The number of H-pyrrole nitrogens is 2. The van der Waals surface area contributed by atoms with Crippen molar-refractivity contribution in [2.45, 2.75) is 12.5 Å². The number of carboxylic acids is 1. The van der Waals surface area contributed by atoms with Gasteiger partial charge in [0.25, 0.3) is 5.56 Å². The van der Waals surface area contributed by atoms with E-state index >= 15 is 0 Å². The van der Waals surface area contributed by atoms with E-state index in [0.29, 0.717) is 12.2 Å². The second-order valence-corrected chi connectivity index (χ2v) is 4.57. The fourth-order valence-corrected chi connectivity index (χ4v) is 1.72. The number of nitrogens with zero attached hydrogens (tertiary/aromatic N) is 1. The van der Waals surface area contributed by atoms with E-state index in [4.69, 9.17) is 5.11 Å². The van der Waals surface area contributed by atoms with Crippen molar-refractivity contribution in [3.63, 3.8) is 0 Å². The average molecular weight is 287 g/mol. The molecule has 1 aromatic heterocycles. The van der Waals surface area contributed by atoms with Crippen molar-refractivity contribution in [3.05, 3.63) is 26.4 Å². The first-order valence-corrected chi connectivity index (χ1v) is 6.65. The lowest BCUT2D eigenvalue weighted by Gasteiger charge is -2.05. The molecular weight excluding hydrogens is 274 g/mol. The van der Waals surface area contributed by atoms with E-state index < -0.39 is 29.1 Å². The quantitative estimate of drug-likeness (QED) is 0.515. The summed E-state index contributed by atoms with van der Waals surface area (Å²) in [6.07, 6.45) is 3.08. The van der Waals surface area contributed by atoms with Crippen LogP contribution in [0.2, 0.25) is 0 Å². The molecule has 1 unspecified atom stereocenters. The van der Waals surface area contributed by atoms with Gasteiger partial charge in [-0.25, -0.2) is 9.59 Å². The highest BCUT2D eigenvalue weighted by atomic mass is 32.2. The van der Waals surface area contributed by atoms with Crippen LogP contribution in [0.15, 0.2) is 14.6 Å². The minimum atomic E-state index is -1.12. The SMILES string of the molecule is CSCCC(N=Cc1c(O)[nH]c(=O)[nH]c1=O)C(=O)O. The predicted molar refractivity (Wildman–Crippen MR) is 71.4 cm³/mol. The molecule has 104 valence electrons. The summed E-state index contributed by atoms with van der Waals surface area (Å²) in [5, 5.41) is 18.3. The number of aromatic hydroxyl groups is 1. The van der Waals surface area contributed by atoms with Crippen LogP contribution in [0.3, 0.4) is 0 Å². The third-order valence-electron chi connectivity index (χ3n) is 2.22. The number of aliphatic carboxylic acids is 1. The molecule has 1 heterocycles. The number of aliphatic imine (C=N–C) groups is 1. The summed E-state index contributed by atoms with van der Waals surface area (Å²) in [7, 11) is 0. The molecule has 4 N–H and O–H groups in total. The Morgan fingerprint density at radius 3 is 2.68 bits per heavy atom. The molecule has 0 aliphatic heterocycles. The van der Waals surface area contributed by atoms with E-state index in [-0.39, 0.29) is 5.56 Å². The van der Waals surface area contributed by atoms with E-state index in [1.54, 1.807) is 0 Å². The largest absolute Gasteiger partial charge is 0.494 e. The van der Waals surface area contributed by atoms with Gasteiger partial charge in [0, 0.05) is 6.21 Å². The molecule has 0 saturated carbocycles. The summed E-state index contributed by atoms with van der Waals surface area (Å²) in [5.41, 5.74) is -1.97. The van der Waals surface area contributed by atoms with Gasteiger partial charge in [0.05, 0.1) is 0 Å². The molecular formula is C10H13N3O5S. The Balaban J connectivity index is 2.99. The maximum atomic E-state index is 11.4. The summed E-state index contributed by atoms with van der Waals surface area (Å²) < 4.78 is 0. The van der Waals surface area contributed by atoms with Crippen molar-refractivity contribution in [3.8, 4) is 5.88 Å². The highest BCUT2D eigenvalue weighted by molar-refractivity contribution is 7.98. The number of aromatic nitrogens is 2. The van der Waals surface area contributed by atoms with Gasteiger partial charge in [-0.2, -0.15) is 11.8 Å². The zero-order valence-corrected chi connectivity index (χ0v) is 10.9. The molecule has 1 atom stereocenters. The van der Waals surface area contributed by atoms with Crippen molar-refractivity contribution in [2.75, 3.05) is 12.0 Å². The molecule has 0 spiro atoms. The Labute approximate surface area is 111 Å². The topological polar surface area (TPSA) is 136 Å². The van der Waals surface area contributed by atoms with Gasteiger partial charge < -0.3 is 10.2 Å². The van der Waals surface area contributed by atoms with Crippen LogP contribution in [0.5, 0.6) is 5.88 Å². The molecule has 19 heavy (non-hydrogen) atoms. The number of nitrogens with one attached hydrogen (secondary N) is 2. The monoisotopic (exact) mass is 287 g/mol. The molecule has 1 rings (SSSR count). The molecule has 8 nitrogen and oxygen atoms in total. The van der Waals surface area contributed by atoms with Crippen molar-refractivity contribution in [1.82, 2.24) is 9.97 Å². The van der Waals surface area contributed by atoms with E-state index in [1.807, 2.05) is 16.2 Å². The minimum Gasteiger partial charge on any atom is -0.494 e. The van der Waals surface area contributed by atoms with E-state index in [0.717, 1.165) is 6.21 Å². The van der Waals surface area contributed by atoms with Crippen molar-refractivity contribution >= 4 is 23.9 Å². The number of aromatic amines is 2. The molecule has 0 saturated heterocycles. The van der Waals surface area contributed by atoms with Crippen LogP contribution in [0, 0.1) is 0 Å². The van der Waals surface area contributed by atoms with E-state index in [1.165, 1.54) is 11.8 Å². The first-order chi connectivity index (χ1) is 8.95. The zero-order valence-electron chi connectivity index (χ0n) is 10.0. The van der Waals surface area contributed by atoms with Crippen LogP contribution in [-0.4, -0.2) is 50.4 Å². The van der Waals surface area contributed by atoms with Gasteiger partial charge in [-0.15, -0.1) is 0 Å². The van der Waals surface area contributed by atoms with Gasteiger partial charge in [-0.3, -0.25) is 19.8 Å². The van der Waals surface area contributed by atoms with Gasteiger partial charge in [-0.05, 0) is 18.4 Å². The fraction of sp³-hybridized carbons (Fsp3) is 0.400. The van der Waals surface area contributed by atoms with Gasteiger partial charge in [0.15, 0.2) is 0 Å². The Morgan fingerprint density at radius 2 is 2.16 bits per heavy atom. The van der Waals surface area contributed by atoms with Crippen molar-refractivity contribution in [2.24, 2.45) is 4.99 Å². The lowest BCUT2D eigenvalue weighted by Crippen LogP contribution is -2.26. The molecule has 0 bridgehead atoms. The molecule has 0 amide bonds.